The van der Waals surface area contributed by atoms with Crippen molar-refractivity contribution >= 4 is 42.9 Å². The highest BCUT2D eigenvalue weighted by Gasteiger charge is 2.49. The largest absolute Gasteiger partial charge is 0.354 e. The Morgan fingerprint density at radius 1 is 0.511 bits per heavy atom. The van der Waals surface area contributed by atoms with E-state index >= 15 is 0 Å². The van der Waals surface area contributed by atoms with Gasteiger partial charge in [-0.3, -0.25) is 0 Å². The third-order valence-corrected chi connectivity index (χ3v) is 11.1. The van der Waals surface area contributed by atoms with Gasteiger partial charge in [0.05, 0.1) is 15.8 Å². The minimum atomic E-state index is -0.447. The van der Waals surface area contributed by atoms with Crippen LogP contribution in [0.3, 0.4) is 0 Å². The van der Waals surface area contributed by atoms with Gasteiger partial charge in [-0.05, 0) is 110 Å². The molecule has 1 N–H and O–H groups in total. The summed E-state index contributed by atoms with van der Waals surface area (Å²) in [6, 6.07) is 40.9. The van der Waals surface area contributed by atoms with E-state index in [0.29, 0.717) is 0 Å². The minimum absolute atomic E-state index is 0.447. The van der Waals surface area contributed by atoms with Gasteiger partial charge in [-0.1, -0.05) is 102 Å². The van der Waals surface area contributed by atoms with Gasteiger partial charge in [0.15, 0.2) is 0 Å². The number of nitrogens with one attached hydrogen (secondary N) is 1. The van der Waals surface area contributed by atoms with E-state index in [1.54, 1.807) is 0 Å². The number of anilines is 2. The fourth-order valence-corrected chi connectivity index (χ4v) is 9.80. The van der Waals surface area contributed by atoms with Crippen molar-refractivity contribution < 1.29 is 0 Å². The van der Waals surface area contributed by atoms with Crippen LogP contribution in [0.1, 0.15) is 55.6 Å². The van der Waals surface area contributed by atoms with Gasteiger partial charge in [0.25, 0.3) is 0 Å². The van der Waals surface area contributed by atoms with E-state index in [4.69, 9.17) is 0 Å². The first-order valence-corrected chi connectivity index (χ1v) is 16.7. The molecular weight excluding hydrogens is 563 g/mol. The molecular formula is C43H37NS. The summed E-state index contributed by atoms with van der Waals surface area (Å²) >= 11 is 1.87. The summed E-state index contributed by atoms with van der Waals surface area (Å²) < 4.78 is 2.62. The van der Waals surface area contributed by atoms with Gasteiger partial charge in [0, 0.05) is 26.7 Å². The molecule has 1 nitrogen and oxygen atoms in total. The van der Waals surface area contributed by atoms with Crippen LogP contribution in [0.2, 0.25) is 0 Å². The molecule has 0 unspecified atom stereocenters. The minimum Gasteiger partial charge on any atom is -0.354 e. The summed E-state index contributed by atoms with van der Waals surface area (Å²) in [7, 11) is 0. The Bertz CT molecular complexity index is 2210. The van der Waals surface area contributed by atoms with Crippen LogP contribution in [0.15, 0.2) is 109 Å². The number of rotatable bonds is 4. The van der Waals surface area contributed by atoms with Gasteiger partial charge in [-0.2, -0.15) is 0 Å². The Kier molecular flexibility index (Phi) is 6.31. The average molecular weight is 600 g/mol. The van der Waals surface area contributed by atoms with Crippen LogP contribution >= 0.6 is 11.3 Å². The standard InChI is InChI=1S/C43H37NS/c1-25-21-27(3)40(28(4)22-25)43(41-29(5)23-26(2)24-30(41)6)34-16-9-7-14-33(34)39-35(43)17-12-18-36(39)44-37-19-11-15-32-31-13-8-10-20-38(31)45-42(32)37/h7-24,44H,1-6H3. The first-order valence-electron chi connectivity index (χ1n) is 15.9. The molecule has 0 spiro atoms. The number of hydrogen-bond donors (Lipinski definition) is 1. The van der Waals surface area contributed by atoms with Crippen LogP contribution in [-0.4, -0.2) is 0 Å². The Hall–Kier alpha value is -4.66. The summed E-state index contributed by atoms with van der Waals surface area (Å²) in [5.41, 5.74) is 17.9. The molecule has 1 aliphatic carbocycles. The molecule has 0 amide bonds. The molecule has 6 aromatic carbocycles. The van der Waals surface area contributed by atoms with Crippen molar-refractivity contribution in [2.75, 3.05) is 5.32 Å². The van der Waals surface area contributed by atoms with Gasteiger partial charge in [0.1, 0.15) is 0 Å². The summed E-state index contributed by atoms with van der Waals surface area (Å²) in [6.07, 6.45) is 0. The van der Waals surface area contributed by atoms with Crippen LogP contribution < -0.4 is 5.32 Å². The smallest absolute Gasteiger partial charge is 0.0724 e. The monoisotopic (exact) mass is 599 g/mol. The average Bonchev–Trinajstić information content (AvgIpc) is 3.52. The molecule has 0 bridgehead atoms. The second-order valence-corrected chi connectivity index (χ2v) is 14.0. The zero-order valence-corrected chi connectivity index (χ0v) is 27.6. The van der Waals surface area contributed by atoms with Gasteiger partial charge in [0.2, 0.25) is 0 Å². The molecule has 0 saturated carbocycles. The van der Waals surface area contributed by atoms with E-state index < -0.39 is 5.41 Å². The highest BCUT2D eigenvalue weighted by atomic mass is 32.1. The van der Waals surface area contributed by atoms with Crippen molar-refractivity contribution in [3.05, 3.63) is 165 Å². The second kappa shape index (κ2) is 10.2. The highest BCUT2D eigenvalue weighted by Crippen LogP contribution is 2.60. The van der Waals surface area contributed by atoms with Crippen molar-refractivity contribution in [3.63, 3.8) is 0 Å². The summed E-state index contributed by atoms with van der Waals surface area (Å²) in [4.78, 5) is 0. The zero-order valence-electron chi connectivity index (χ0n) is 26.8. The maximum Gasteiger partial charge on any atom is 0.0724 e. The number of benzene rings is 6. The molecule has 0 aliphatic heterocycles. The fourth-order valence-electron chi connectivity index (χ4n) is 8.63. The lowest BCUT2D eigenvalue weighted by Crippen LogP contribution is -2.32. The normalized spacial score (nSPS) is 13.3. The Morgan fingerprint density at radius 3 is 1.73 bits per heavy atom. The van der Waals surface area contributed by atoms with Crippen molar-refractivity contribution in [1.82, 2.24) is 0 Å². The van der Waals surface area contributed by atoms with Crippen molar-refractivity contribution in [2.45, 2.75) is 47.0 Å². The van der Waals surface area contributed by atoms with Crippen molar-refractivity contribution in [2.24, 2.45) is 0 Å². The van der Waals surface area contributed by atoms with Crippen LogP contribution in [0.25, 0.3) is 31.3 Å². The lowest BCUT2D eigenvalue weighted by Gasteiger charge is -2.39. The van der Waals surface area contributed by atoms with Gasteiger partial charge in [-0.25, -0.2) is 0 Å². The molecule has 0 saturated heterocycles. The number of thiophene rings is 1. The Labute approximate surface area is 270 Å². The number of aryl methyl sites for hydroxylation is 6. The highest BCUT2D eigenvalue weighted by molar-refractivity contribution is 7.26. The molecule has 1 heterocycles. The quantitative estimate of drug-likeness (QED) is 0.212. The Morgan fingerprint density at radius 2 is 1.04 bits per heavy atom. The third kappa shape index (κ3) is 3.98. The van der Waals surface area contributed by atoms with E-state index in [0.717, 1.165) is 11.4 Å². The van der Waals surface area contributed by atoms with Crippen LogP contribution in [0.5, 0.6) is 0 Å². The summed E-state index contributed by atoms with van der Waals surface area (Å²) in [5, 5.41) is 6.60. The van der Waals surface area contributed by atoms with Crippen molar-refractivity contribution in [1.29, 1.82) is 0 Å². The molecule has 2 heteroatoms. The molecule has 45 heavy (non-hydrogen) atoms. The maximum atomic E-state index is 3.98. The molecule has 1 aromatic heterocycles. The molecule has 8 rings (SSSR count). The fraction of sp³-hybridized carbons (Fsp3) is 0.163. The molecule has 7 aromatic rings. The van der Waals surface area contributed by atoms with Gasteiger partial charge >= 0.3 is 0 Å². The van der Waals surface area contributed by atoms with Crippen molar-refractivity contribution in [3.8, 4) is 11.1 Å². The van der Waals surface area contributed by atoms with E-state index in [9.17, 15) is 0 Å². The van der Waals surface area contributed by atoms with Gasteiger partial charge in [-0.15, -0.1) is 11.3 Å². The lowest BCUT2D eigenvalue weighted by molar-refractivity contribution is 0.739. The molecule has 1 aliphatic rings. The maximum absolute atomic E-state index is 3.98. The molecule has 0 fully saturated rings. The Balaban J connectivity index is 1.47. The van der Waals surface area contributed by atoms with E-state index in [2.05, 4.69) is 156 Å². The van der Waals surface area contributed by atoms with Crippen LogP contribution in [0.4, 0.5) is 11.4 Å². The molecule has 0 atom stereocenters. The summed E-state index contributed by atoms with van der Waals surface area (Å²) in [5.74, 6) is 0. The molecule has 0 radical (unpaired) electrons. The third-order valence-electron chi connectivity index (χ3n) is 9.85. The number of hydrogen-bond acceptors (Lipinski definition) is 2. The molecule has 220 valence electrons. The van der Waals surface area contributed by atoms with Crippen LogP contribution in [0, 0.1) is 41.5 Å². The van der Waals surface area contributed by atoms with E-state index in [1.165, 1.54) is 86.9 Å². The lowest BCUT2D eigenvalue weighted by atomic mass is 9.63. The predicted octanol–water partition coefficient (Wildman–Crippen LogP) is 12.0. The SMILES string of the molecule is Cc1cc(C)c(C2(c3c(C)cc(C)cc3C)c3ccccc3-c3c(Nc4cccc5c4sc4ccccc45)cccc32)c(C)c1. The van der Waals surface area contributed by atoms with Crippen LogP contribution in [-0.2, 0) is 5.41 Å². The van der Waals surface area contributed by atoms with E-state index in [1.807, 2.05) is 11.3 Å². The zero-order chi connectivity index (χ0) is 31.0. The topological polar surface area (TPSA) is 12.0 Å². The van der Waals surface area contributed by atoms with E-state index in [-0.39, 0.29) is 0 Å². The first kappa shape index (κ1) is 27.9. The van der Waals surface area contributed by atoms with Gasteiger partial charge < -0.3 is 5.32 Å². The number of fused-ring (bicyclic) bond motifs is 6. The second-order valence-electron chi connectivity index (χ2n) is 13.0. The predicted molar refractivity (Wildman–Crippen MR) is 195 cm³/mol. The first-order chi connectivity index (χ1) is 21.8. The summed E-state index contributed by atoms with van der Waals surface area (Å²) in [6.45, 7) is 13.7.